The van der Waals surface area contributed by atoms with Crippen molar-refractivity contribution in [1.82, 2.24) is 0 Å². The highest BCUT2D eigenvalue weighted by Crippen LogP contribution is 2.33. The molecule has 32 heavy (non-hydrogen) atoms. The second-order valence-electron chi connectivity index (χ2n) is 9.46. The maximum atomic E-state index is 12.1. The van der Waals surface area contributed by atoms with Crippen molar-refractivity contribution in [3.8, 4) is 0 Å². The molecule has 0 amide bonds. The van der Waals surface area contributed by atoms with Gasteiger partial charge in [0, 0.05) is 0 Å². The van der Waals surface area contributed by atoms with Crippen LogP contribution in [-0.2, 0) is 14.2 Å². The van der Waals surface area contributed by atoms with Crippen LogP contribution >= 0.6 is 0 Å². The number of aliphatic hydroxyl groups is 1. The third-order valence-corrected chi connectivity index (χ3v) is 6.83. The fraction of sp³-hybridized carbons (Fsp3) is 0.741. The predicted molar refractivity (Wildman–Crippen MR) is 126 cm³/mol. The highest BCUT2D eigenvalue weighted by molar-refractivity contribution is 5.89. The zero-order valence-electron chi connectivity index (χ0n) is 19.8. The predicted octanol–water partition coefficient (Wildman–Crippen LogP) is 5.83. The van der Waals surface area contributed by atoms with Gasteiger partial charge in [-0.1, -0.05) is 76.5 Å². The van der Waals surface area contributed by atoms with Crippen LogP contribution in [0.15, 0.2) is 30.3 Å². The molecule has 5 heteroatoms. The Balaban J connectivity index is 1.27. The van der Waals surface area contributed by atoms with Crippen LogP contribution in [-0.4, -0.2) is 48.2 Å². The summed E-state index contributed by atoms with van der Waals surface area (Å²) in [7, 11) is 0. The van der Waals surface area contributed by atoms with Crippen molar-refractivity contribution in [3.63, 3.8) is 0 Å². The number of hydrogen-bond donors (Lipinski definition) is 1. The molecule has 2 saturated heterocycles. The molecular weight excluding hydrogens is 404 g/mol. The molecule has 2 aliphatic rings. The first-order valence-corrected chi connectivity index (χ1v) is 12.9. The first-order valence-electron chi connectivity index (χ1n) is 12.9. The molecule has 5 atom stereocenters. The minimum Gasteiger partial charge on any atom is -0.459 e. The highest BCUT2D eigenvalue weighted by atomic mass is 16.6. The molecule has 3 rings (SSSR count). The monoisotopic (exact) mass is 446 g/mol. The Labute approximate surface area is 193 Å². The van der Waals surface area contributed by atoms with Crippen molar-refractivity contribution in [3.05, 3.63) is 35.9 Å². The molecule has 2 fully saturated rings. The molecule has 2 aliphatic heterocycles. The quantitative estimate of drug-likeness (QED) is 0.288. The van der Waals surface area contributed by atoms with Gasteiger partial charge in [-0.05, 0) is 44.2 Å². The highest BCUT2D eigenvalue weighted by Gasteiger charge is 2.39. The number of rotatable bonds is 14. The van der Waals surface area contributed by atoms with Gasteiger partial charge in [0.1, 0.15) is 6.61 Å². The van der Waals surface area contributed by atoms with Crippen molar-refractivity contribution in [2.45, 2.75) is 121 Å². The van der Waals surface area contributed by atoms with Crippen LogP contribution in [0.4, 0.5) is 0 Å². The standard InChI is InChI=1S/C27H42O5/c1-2-3-4-5-6-7-8-12-15-23(28)24-18-19-26(32-24)25-17-16-22(31-25)20-30-27(29)21-13-10-9-11-14-21/h9-11,13-14,22-26,28H,2-8,12,15-20H2,1H3/t22-,23-,24-,25-,26-/m1/s1. The van der Waals surface area contributed by atoms with Crippen LogP contribution in [0, 0.1) is 0 Å². The number of carbonyl (C=O) groups excluding carboxylic acids is 1. The summed E-state index contributed by atoms with van der Waals surface area (Å²) < 4.78 is 17.7. The summed E-state index contributed by atoms with van der Waals surface area (Å²) in [6.07, 6.45) is 14.2. The molecule has 0 saturated carbocycles. The van der Waals surface area contributed by atoms with Crippen molar-refractivity contribution in [1.29, 1.82) is 0 Å². The molecule has 0 aliphatic carbocycles. The number of carbonyl (C=O) groups is 1. The zero-order chi connectivity index (χ0) is 22.6. The van der Waals surface area contributed by atoms with Crippen LogP contribution in [0.5, 0.6) is 0 Å². The second-order valence-corrected chi connectivity index (χ2v) is 9.46. The molecule has 2 heterocycles. The third-order valence-electron chi connectivity index (χ3n) is 6.83. The lowest BCUT2D eigenvalue weighted by molar-refractivity contribution is -0.0990. The summed E-state index contributed by atoms with van der Waals surface area (Å²) >= 11 is 0. The van der Waals surface area contributed by atoms with Gasteiger partial charge in [-0.25, -0.2) is 4.79 Å². The van der Waals surface area contributed by atoms with Gasteiger partial charge in [0.2, 0.25) is 0 Å². The van der Waals surface area contributed by atoms with E-state index in [9.17, 15) is 9.90 Å². The topological polar surface area (TPSA) is 65.0 Å². The molecule has 0 bridgehead atoms. The van der Waals surface area contributed by atoms with E-state index in [1.807, 2.05) is 18.2 Å². The van der Waals surface area contributed by atoms with Crippen LogP contribution in [0.2, 0.25) is 0 Å². The average molecular weight is 447 g/mol. The van der Waals surface area contributed by atoms with Gasteiger partial charge in [0.15, 0.2) is 0 Å². The van der Waals surface area contributed by atoms with Gasteiger partial charge < -0.3 is 19.3 Å². The molecule has 1 N–H and O–H groups in total. The van der Waals surface area contributed by atoms with Crippen molar-refractivity contribution in [2.24, 2.45) is 0 Å². The van der Waals surface area contributed by atoms with E-state index in [0.717, 1.165) is 38.5 Å². The Morgan fingerprint density at radius 1 is 0.938 bits per heavy atom. The Morgan fingerprint density at radius 2 is 1.59 bits per heavy atom. The Hall–Kier alpha value is -1.43. The Bertz CT molecular complexity index is 649. The van der Waals surface area contributed by atoms with E-state index in [1.165, 1.54) is 44.9 Å². The van der Waals surface area contributed by atoms with E-state index in [1.54, 1.807) is 12.1 Å². The summed E-state index contributed by atoms with van der Waals surface area (Å²) in [6.45, 7) is 2.53. The largest absolute Gasteiger partial charge is 0.459 e. The van der Waals surface area contributed by atoms with Gasteiger partial charge in [-0.15, -0.1) is 0 Å². The number of hydrogen-bond acceptors (Lipinski definition) is 5. The van der Waals surface area contributed by atoms with Crippen LogP contribution in [0.3, 0.4) is 0 Å². The minimum atomic E-state index is -0.371. The number of ether oxygens (including phenoxy) is 3. The summed E-state index contributed by atoms with van der Waals surface area (Å²) in [5, 5.41) is 10.6. The lowest BCUT2D eigenvalue weighted by atomic mass is 10.0. The smallest absolute Gasteiger partial charge is 0.338 e. The lowest BCUT2D eigenvalue weighted by Gasteiger charge is -2.23. The Morgan fingerprint density at radius 3 is 2.34 bits per heavy atom. The van der Waals surface area contributed by atoms with E-state index < -0.39 is 0 Å². The summed E-state index contributed by atoms with van der Waals surface area (Å²) in [5.41, 5.74) is 0.564. The lowest BCUT2D eigenvalue weighted by Crippen LogP contribution is -2.31. The minimum absolute atomic E-state index is 0.0377. The van der Waals surface area contributed by atoms with Crippen LogP contribution in [0.1, 0.15) is 101 Å². The van der Waals surface area contributed by atoms with E-state index in [0.29, 0.717) is 5.56 Å². The molecule has 1 aromatic rings. The van der Waals surface area contributed by atoms with Crippen molar-refractivity contribution >= 4 is 5.97 Å². The summed E-state index contributed by atoms with van der Waals surface area (Å²) in [4.78, 5) is 12.1. The van der Waals surface area contributed by atoms with Gasteiger partial charge in [-0.2, -0.15) is 0 Å². The van der Waals surface area contributed by atoms with Crippen molar-refractivity contribution < 1.29 is 24.1 Å². The van der Waals surface area contributed by atoms with Crippen LogP contribution < -0.4 is 0 Å². The number of benzene rings is 1. The molecule has 0 aromatic heterocycles. The molecular formula is C27H42O5. The van der Waals surface area contributed by atoms with E-state index in [2.05, 4.69) is 6.92 Å². The molecule has 0 radical (unpaired) electrons. The van der Waals surface area contributed by atoms with E-state index in [4.69, 9.17) is 14.2 Å². The van der Waals surface area contributed by atoms with Crippen molar-refractivity contribution in [2.75, 3.05) is 6.61 Å². The summed E-state index contributed by atoms with van der Waals surface area (Å²) in [6, 6.07) is 9.05. The zero-order valence-corrected chi connectivity index (χ0v) is 19.8. The molecule has 0 unspecified atom stereocenters. The first kappa shape index (κ1) is 25.2. The molecule has 0 spiro atoms. The van der Waals surface area contributed by atoms with Gasteiger partial charge >= 0.3 is 5.97 Å². The molecule has 5 nitrogen and oxygen atoms in total. The second kappa shape index (κ2) is 14.0. The fourth-order valence-electron chi connectivity index (χ4n) is 4.87. The first-order chi connectivity index (χ1) is 15.7. The normalized spacial score (nSPS) is 26.3. The number of unbranched alkanes of at least 4 members (excludes halogenated alkanes) is 7. The maximum absolute atomic E-state index is 12.1. The van der Waals surface area contributed by atoms with Gasteiger partial charge in [0.25, 0.3) is 0 Å². The third kappa shape index (κ3) is 8.17. The Kier molecular flexibility index (Phi) is 11.0. The summed E-state index contributed by atoms with van der Waals surface area (Å²) in [5.74, 6) is -0.307. The number of esters is 1. The van der Waals surface area contributed by atoms with E-state index in [-0.39, 0.29) is 43.1 Å². The molecule has 1 aromatic carbocycles. The maximum Gasteiger partial charge on any atom is 0.338 e. The average Bonchev–Trinajstić information content (AvgIpc) is 3.49. The molecule has 180 valence electrons. The van der Waals surface area contributed by atoms with Crippen LogP contribution in [0.25, 0.3) is 0 Å². The number of aliphatic hydroxyl groups excluding tert-OH is 1. The SMILES string of the molecule is CCCCCCCCCC[C@@H](O)[C@H]1CC[C@H]([C@H]2CC[C@H](COC(=O)c3ccccc3)O2)O1. The van der Waals surface area contributed by atoms with Gasteiger partial charge in [0.05, 0.1) is 36.1 Å². The fourth-order valence-corrected chi connectivity index (χ4v) is 4.87. The van der Waals surface area contributed by atoms with Gasteiger partial charge in [-0.3, -0.25) is 0 Å². The van der Waals surface area contributed by atoms with E-state index >= 15 is 0 Å².